The van der Waals surface area contributed by atoms with Gasteiger partial charge >= 0.3 is 0 Å². The van der Waals surface area contributed by atoms with Crippen LogP contribution in [0.3, 0.4) is 0 Å². The molecule has 24 heavy (non-hydrogen) atoms. The number of amides is 1. The van der Waals surface area contributed by atoms with Gasteiger partial charge in [-0.2, -0.15) is 5.10 Å². The lowest BCUT2D eigenvalue weighted by atomic mass is 10.1. The first-order valence-electron chi connectivity index (χ1n) is 7.20. The molecule has 0 aliphatic carbocycles. The van der Waals surface area contributed by atoms with Crippen molar-refractivity contribution in [3.8, 4) is 11.4 Å². The first kappa shape index (κ1) is 16.2. The Morgan fingerprint density at radius 1 is 1.29 bits per heavy atom. The number of anilines is 1. The van der Waals surface area contributed by atoms with Gasteiger partial charge in [-0.3, -0.25) is 9.78 Å². The van der Waals surface area contributed by atoms with Gasteiger partial charge in [0.15, 0.2) is 0 Å². The lowest BCUT2D eigenvalue weighted by Gasteiger charge is -2.13. The second kappa shape index (κ2) is 6.84. The van der Waals surface area contributed by atoms with Gasteiger partial charge in [0, 0.05) is 23.1 Å². The van der Waals surface area contributed by atoms with Crippen molar-refractivity contribution < 1.29 is 9.53 Å². The number of hydrogen-bond acceptors (Lipinski definition) is 4. The lowest BCUT2D eigenvalue weighted by Crippen LogP contribution is -2.15. The fourth-order valence-electron chi connectivity index (χ4n) is 2.32. The molecule has 0 unspecified atom stereocenters. The summed E-state index contributed by atoms with van der Waals surface area (Å²) < 4.78 is 7.90. The molecule has 0 aliphatic rings. The number of nitrogens with zero attached hydrogens (tertiary/aromatic N) is 3. The summed E-state index contributed by atoms with van der Waals surface area (Å²) in [7, 11) is 1.56. The Morgan fingerprint density at radius 3 is 2.83 bits per heavy atom. The van der Waals surface area contributed by atoms with Gasteiger partial charge in [-0.1, -0.05) is 15.9 Å². The molecule has 1 aromatic carbocycles. The maximum atomic E-state index is 12.6. The van der Waals surface area contributed by atoms with E-state index in [1.54, 1.807) is 48.6 Å². The van der Waals surface area contributed by atoms with Crippen molar-refractivity contribution in [3.05, 3.63) is 64.7 Å². The summed E-state index contributed by atoms with van der Waals surface area (Å²) in [6.07, 6.45) is 5.06. The maximum absolute atomic E-state index is 12.6. The molecule has 0 saturated carbocycles. The maximum Gasteiger partial charge on any atom is 0.274 e. The summed E-state index contributed by atoms with van der Waals surface area (Å²) in [5.74, 6) is 0.270. The zero-order valence-corrected chi connectivity index (χ0v) is 14.7. The van der Waals surface area contributed by atoms with Crippen molar-refractivity contribution in [1.29, 1.82) is 0 Å². The average molecular weight is 387 g/mol. The minimum atomic E-state index is -0.312. The first-order valence-corrected chi connectivity index (χ1v) is 7.99. The van der Waals surface area contributed by atoms with Crippen LogP contribution in [0.1, 0.15) is 16.1 Å². The Morgan fingerprint density at radius 2 is 2.12 bits per heavy atom. The van der Waals surface area contributed by atoms with Gasteiger partial charge in [0.1, 0.15) is 11.4 Å². The van der Waals surface area contributed by atoms with Crippen LogP contribution in [-0.2, 0) is 0 Å². The minimum Gasteiger partial charge on any atom is -0.495 e. The van der Waals surface area contributed by atoms with Crippen LogP contribution >= 0.6 is 15.9 Å². The van der Waals surface area contributed by atoms with Crippen LogP contribution in [0.2, 0.25) is 0 Å². The highest BCUT2D eigenvalue weighted by Crippen LogP contribution is 2.32. The molecular formula is C17H15BrN4O2. The predicted molar refractivity (Wildman–Crippen MR) is 94.7 cm³/mol. The van der Waals surface area contributed by atoms with E-state index in [0.717, 1.165) is 15.7 Å². The molecule has 7 heteroatoms. The molecule has 3 rings (SSSR count). The topological polar surface area (TPSA) is 69.0 Å². The minimum absolute atomic E-state index is 0.298. The van der Waals surface area contributed by atoms with Crippen LogP contribution in [0, 0.1) is 6.92 Å². The van der Waals surface area contributed by atoms with Crippen molar-refractivity contribution in [1.82, 2.24) is 14.8 Å². The smallest absolute Gasteiger partial charge is 0.274 e. The Hall–Kier alpha value is -2.67. The molecule has 2 aromatic heterocycles. The van der Waals surface area contributed by atoms with Crippen LogP contribution in [0.5, 0.6) is 5.75 Å². The second-order valence-corrected chi connectivity index (χ2v) is 6.02. The third-order valence-electron chi connectivity index (χ3n) is 3.47. The van der Waals surface area contributed by atoms with Gasteiger partial charge in [-0.25, -0.2) is 4.68 Å². The van der Waals surface area contributed by atoms with E-state index in [1.165, 1.54) is 0 Å². The van der Waals surface area contributed by atoms with Gasteiger partial charge < -0.3 is 10.1 Å². The Labute approximate surface area is 147 Å². The summed E-state index contributed by atoms with van der Waals surface area (Å²) in [5.41, 5.74) is 2.57. The summed E-state index contributed by atoms with van der Waals surface area (Å²) in [6, 6.07) is 9.00. The number of nitrogens with one attached hydrogen (secondary N) is 1. The van der Waals surface area contributed by atoms with E-state index < -0.39 is 0 Å². The Bertz CT molecular complexity index is 878. The van der Waals surface area contributed by atoms with Crippen LogP contribution in [0.15, 0.2) is 53.4 Å². The molecular weight excluding hydrogens is 372 g/mol. The molecule has 1 amide bonds. The normalized spacial score (nSPS) is 10.5. The summed E-state index contributed by atoms with van der Waals surface area (Å²) in [6.45, 7) is 1.90. The molecule has 0 saturated heterocycles. The fraction of sp³-hybridized carbons (Fsp3) is 0.118. The molecule has 0 spiro atoms. The average Bonchev–Trinajstić information content (AvgIpc) is 3.11. The van der Waals surface area contributed by atoms with Crippen molar-refractivity contribution in [2.24, 2.45) is 0 Å². The Kier molecular flexibility index (Phi) is 4.61. The van der Waals surface area contributed by atoms with E-state index in [-0.39, 0.29) is 5.91 Å². The molecule has 0 atom stereocenters. The molecule has 3 aromatic rings. The number of pyridine rings is 1. The van der Waals surface area contributed by atoms with E-state index in [1.807, 2.05) is 19.1 Å². The van der Waals surface area contributed by atoms with E-state index in [4.69, 9.17) is 4.74 Å². The van der Waals surface area contributed by atoms with Crippen LogP contribution < -0.4 is 10.1 Å². The molecule has 1 N–H and O–H groups in total. The SMILES string of the molecule is COc1cc(Br)cc(C)c1NC(=O)c1cc(-n2cccn2)ccn1. The van der Waals surface area contributed by atoms with Crippen LogP contribution in [-0.4, -0.2) is 27.8 Å². The number of benzene rings is 1. The zero-order chi connectivity index (χ0) is 17.1. The van der Waals surface area contributed by atoms with Gasteiger partial charge in [-0.05, 0) is 42.8 Å². The third kappa shape index (κ3) is 3.30. The monoisotopic (exact) mass is 386 g/mol. The van der Waals surface area contributed by atoms with Gasteiger partial charge in [0.2, 0.25) is 0 Å². The largest absolute Gasteiger partial charge is 0.495 e. The Balaban J connectivity index is 1.90. The van der Waals surface area contributed by atoms with E-state index in [9.17, 15) is 4.79 Å². The molecule has 2 heterocycles. The van der Waals surface area contributed by atoms with Gasteiger partial charge in [0.25, 0.3) is 5.91 Å². The lowest BCUT2D eigenvalue weighted by molar-refractivity contribution is 0.102. The molecule has 0 bridgehead atoms. The number of methoxy groups -OCH3 is 1. The van der Waals surface area contributed by atoms with Crippen molar-refractivity contribution in [3.63, 3.8) is 0 Å². The molecule has 0 aliphatic heterocycles. The highest BCUT2D eigenvalue weighted by atomic mass is 79.9. The summed E-state index contributed by atoms with van der Waals surface area (Å²) >= 11 is 3.42. The van der Waals surface area contributed by atoms with Crippen LogP contribution in [0.4, 0.5) is 5.69 Å². The number of ether oxygens (including phenoxy) is 1. The highest BCUT2D eigenvalue weighted by Gasteiger charge is 2.15. The number of carbonyl (C=O) groups is 1. The molecule has 122 valence electrons. The predicted octanol–water partition coefficient (Wildman–Crippen LogP) is 3.60. The van der Waals surface area contributed by atoms with Crippen LogP contribution in [0.25, 0.3) is 5.69 Å². The second-order valence-electron chi connectivity index (χ2n) is 5.10. The number of hydrogen-bond donors (Lipinski definition) is 1. The summed E-state index contributed by atoms with van der Waals surface area (Å²) in [5, 5.41) is 7.02. The van der Waals surface area contributed by atoms with Crippen molar-refractivity contribution in [2.75, 3.05) is 12.4 Å². The van der Waals surface area contributed by atoms with E-state index >= 15 is 0 Å². The number of carbonyl (C=O) groups excluding carboxylic acids is 1. The fourth-order valence-corrected chi connectivity index (χ4v) is 2.87. The number of aromatic nitrogens is 3. The molecule has 6 nitrogen and oxygen atoms in total. The zero-order valence-electron chi connectivity index (χ0n) is 13.2. The van der Waals surface area contributed by atoms with Gasteiger partial charge in [-0.15, -0.1) is 0 Å². The third-order valence-corrected chi connectivity index (χ3v) is 3.93. The number of aryl methyl sites for hydroxylation is 1. The van der Waals surface area contributed by atoms with Gasteiger partial charge in [0.05, 0.1) is 18.5 Å². The van der Waals surface area contributed by atoms with E-state index in [0.29, 0.717) is 17.1 Å². The van der Waals surface area contributed by atoms with Crippen molar-refractivity contribution >= 4 is 27.5 Å². The van der Waals surface area contributed by atoms with Crippen molar-refractivity contribution in [2.45, 2.75) is 6.92 Å². The number of halogens is 1. The molecule has 0 radical (unpaired) electrons. The first-order chi connectivity index (χ1) is 11.6. The quantitative estimate of drug-likeness (QED) is 0.743. The van der Waals surface area contributed by atoms with E-state index in [2.05, 4.69) is 31.3 Å². The standard InChI is InChI=1S/C17H15BrN4O2/c1-11-8-12(18)9-15(24-2)16(11)21-17(23)14-10-13(4-6-19-14)22-7-3-5-20-22/h3-10H,1-2H3,(H,21,23). The summed E-state index contributed by atoms with van der Waals surface area (Å²) in [4.78, 5) is 16.7. The highest BCUT2D eigenvalue weighted by molar-refractivity contribution is 9.10. The molecule has 0 fully saturated rings. The number of rotatable bonds is 4.